The number of halogens is 1. The molecule has 0 radical (unpaired) electrons. The van der Waals surface area contributed by atoms with E-state index in [0.29, 0.717) is 12.3 Å². The third-order valence-electron chi connectivity index (χ3n) is 2.81. The van der Waals surface area contributed by atoms with E-state index in [4.69, 9.17) is 11.6 Å². The average molecular weight is 254 g/mol. The molecule has 0 bridgehead atoms. The maximum Gasteiger partial charge on any atom is 0.226 e. The van der Waals surface area contributed by atoms with E-state index in [1.165, 1.54) is 0 Å². The van der Waals surface area contributed by atoms with Crippen LogP contribution in [0.5, 0.6) is 0 Å². The Morgan fingerprint density at radius 3 is 2.60 bits per heavy atom. The Hall–Kier alpha value is -0.290. The van der Waals surface area contributed by atoms with Gasteiger partial charge in [-0.2, -0.15) is 0 Å². The molecular formula is C9H16ClNO3S. The molecule has 0 N–H and O–H groups in total. The number of hydrogen-bond acceptors (Lipinski definition) is 3. The first-order valence-electron chi connectivity index (χ1n) is 4.90. The van der Waals surface area contributed by atoms with Crippen molar-refractivity contribution >= 4 is 27.3 Å². The number of alkyl halides is 1. The van der Waals surface area contributed by atoms with Gasteiger partial charge < -0.3 is 4.90 Å². The first-order valence-corrected chi connectivity index (χ1v) is 7.26. The summed E-state index contributed by atoms with van der Waals surface area (Å²) in [4.78, 5) is 13.4. The molecule has 2 atom stereocenters. The lowest BCUT2D eigenvalue weighted by molar-refractivity contribution is -0.134. The van der Waals surface area contributed by atoms with E-state index in [-0.39, 0.29) is 29.4 Å². The van der Waals surface area contributed by atoms with Crippen LogP contribution in [0.1, 0.15) is 13.3 Å². The minimum atomic E-state index is -2.99. The summed E-state index contributed by atoms with van der Waals surface area (Å²) in [5.41, 5.74) is 0. The third kappa shape index (κ3) is 3.08. The van der Waals surface area contributed by atoms with Crippen molar-refractivity contribution in [3.8, 4) is 0 Å². The van der Waals surface area contributed by atoms with Gasteiger partial charge in [-0.3, -0.25) is 4.79 Å². The minimum Gasteiger partial charge on any atom is -0.342 e. The van der Waals surface area contributed by atoms with Crippen LogP contribution in [-0.2, 0) is 14.6 Å². The number of nitrogens with zero attached hydrogens (tertiary/aromatic N) is 1. The number of rotatable bonds is 3. The zero-order chi connectivity index (χ0) is 11.6. The minimum absolute atomic E-state index is 0.00875. The van der Waals surface area contributed by atoms with Crippen molar-refractivity contribution in [2.45, 2.75) is 19.4 Å². The second-order valence-corrected chi connectivity index (χ2v) is 6.59. The summed E-state index contributed by atoms with van der Waals surface area (Å²) < 4.78 is 22.4. The van der Waals surface area contributed by atoms with Gasteiger partial charge in [0, 0.05) is 19.0 Å². The van der Waals surface area contributed by atoms with Gasteiger partial charge in [-0.25, -0.2) is 8.42 Å². The molecule has 4 nitrogen and oxygen atoms in total. The second kappa shape index (κ2) is 4.70. The second-order valence-electron chi connectivity index (χ2n) is 4.05. The van der Waals surface area contributed by atoms with E-state index in [1.54, 1.807) is 11.9 Å². The van der Waals surface area contributed by atoms with Crippen molar-refractivity contribution in [2.24, 2.45) is 5.92 Å². The van der Waals surface area contributed by atoms with Crippen LogP contribution in [0.15, 0.2) is 0 Å². The maximum absolute atomic E-state index is 11.8. The van der Waals surface area contributed by atoms with Crippen LogP contribution >= 0.6 is 11.6 Å². The predicted molar refractivity (Wildman–Crippen MR) is 59.7 cm³/mol. The first-order chi connectivity index (χ1) is 6.87. The van der Waals surface area contributed by atoms with E-state index in [9.17, 15) is 13.2 Å². The van der Waals surface area contributed by atoms with Gasteiger partial charge in [0.05, 0.1) is 17.4 Å². The highest BCUT2D eigenvalue weighted by Crippen LogP contribution is 2.21. The summed E-state index contributed by atoms with van der Waals surface area (Å²) in [6.07, 6.45) is 0.445. The number of amides is 1. The Morgan fingerprint density at radius 2 is 2.20 bits per heavy atom. The molecule has 1 aliphatic heterocycles. The summed E-state index contributed by atoms with van der Waals surface area (Å²) in [5, 5.41) is 0. The predicted octanol–water partition coefficient (Wildman–Crippen LogP) is 0.507. The van der Waals surface area contributed by atoms with Gasteiger partial charge in [0.2, 0.25) is 5.91 Å². The topological polar surface area (TPSA) is 54.5 Å². The third-order valence-corrected chi connectivity index (χ3v) is 5.03. The van der Waals surface area contributed by atoms with Gasteiger partial charge in [0.15, 0.2) is 9.84 Å². The van der Waals surface area contributed by atoms with Gasteiger partial charge in [-0.05, 0) is 13.3 Å². The van der Waals surface area contributed by atoms with Crippen LogP contribution < -0.4 is 0 Å². The van der Waals surface area contributed by atoms with Crippen molar-refractivity contribution in [1.82, 2.24) is 4.90 Å². The molecule has 1 fully saturated rings. The molecule has 88 valence electrons. The molecule has 0 aliphatic carbocycles. The van der Waals surface area contributed by atoms with Gasteiger partial charge >= 0.3 is 0 Å². The standard InChI is InChI=1S/C9H16ClNO3S/c1-7(5-10)11(2)9(12)8-3-4-15(13,14)6-8/h7-8H,3-6H2,1-2H3. The van der Waals surface area contributed by atoms with Gasteiger partial charge in [-0.15, -0.1) is 11.6 Å². The fourth-order valence-corrected chi connectivity index (χ4v) is 3.54. The van der Waals surface area contributed by atoms with E-state index < -0.39 is 9.84 Å². The van der Waals surface area contributed by atoms with Crippen molar-refractivity contribution in [3.63, 3.8) is 0 Å². The summed E-state index contributed by atoms with van der Waals surface area (Å²) in [5.74, 6) is 0.00856. The normalized spacial score (nSPS) is 26.2. The van der Waals surface area contributed by atoms with E-state index in [2.05, 4.69) is 0 Å². The maximum atomic E-state index is 11.8. The molecule has 1 aliphatic rings. The molecule has 1 amide bonds. The molecule has 0 spiro atoms. The summed E-state index contributed by atoms with van der Waals surface area (Å²) in [7, 11) is -1.32. The number of carbonyl (C=O) groups is 1. The average Bonchev–Trinajstić information content (AvgIpc) is 2.55. The van der Waals surface area contributed by atoms with Gasteiger partial charge in [0.25, 0.3) is 0 Å². The van der Waals surface area contributed by atoms with E-state index in [0.717, 1.165) is 0 Å². The Labute approximate surface area is 95.5 Å². The number of carbonyl (C=O) groups excluding carboxylic acids is 1. The SMILES string of the molecule is CC(CCl)N(C)C(=O)C1CCS(=O)(=O)C1. The molecule has 0 aromatic carbocycles. The van der Waals surface area contributed by atoms with Crippen molar-refractivity contribution in [1.29, 1.82) is 0 Å². The lowest BCUT2D eigenvalue weighted by Gasteiger charge is -2.25. The molecule has 15 heavy (non-hydrogen) atoms. The van der Waals surface area contributed by atoms with Crippen molar-refractivity contribution < 1.29 is 13.2 Å². The van der Waals surface area contributed by atoms with Crippen LogP contribution in [0.4, 0.5) is 0 Å². The van der Waals surface area contributed by atoms with Crippen LogP contribution in [0.25, 0.3) is 0 Å². The molecule has 0 saturated carbocycles. The first kappa shape index (κ1) is 12.8. The highest BCUT2D eigenvalue weighted by molar-refractivity contribution is 7.91. The lowest BCUT2D eigenvalue weighted by atomic mass is 10.1. The molecule has 6 heteroatoms. The Balaban J connectivity index is 2.63. The lowest BCUT2D eigenvalue weighted by Crippen LogP contribution is -2.40. The highest BCUT2D eigenvalue weighted by Gasteiger charge is 2.35. The molecule has 0 aromatic rings. The molecule has 2 unspecified atom stereocenters. The molecule has 1 saturated heterocycles. The van der Waals surface area contributed by atoms with Crippen LogP contribution in [0.2, 0.25) is 0 Å². The summed E-state index contributed by atoms with van der Waals surface area (Å²) in [6.45, 7) is 1.84. The smallest absolute Gasteiger partial charge is 0.226 e. The van der Waals surface area contributed by atoms with E-state index in [1.807, 2.05) is 6.92 Å². The quantitative estimate of drug-likeness (QED) is 0.689. The van der Waals surface area contributed by atoms with Gasteiger partial charge in [-0.1, -0.05) is 0 Å². The zero-order valence-electron chi connectivity index (χ0n) is 8.94. The number of sulfone groups is 1. The van der Waals surface area contributed by atoms with Gasteiger partial charge in [0.1, 0.15) is 0 Å². The largest absolute Gasteiger partial charge is 0.342 e. The molecule has 1 rings (SSSR count). The van der Waals surface area contributed by atoms with Crippen LogP contribution in [-0.4, -0.2) is 49.7 Å². The Kier molecular flexibility index (Phi) is 4.00. The molecule has 1 heterocycles. The summed E-state index contributed by atoms with van der Waals surface area (Å²) in [6, 6.07) is -0.0533. The molecular weight excluding hydrogens is 238 g/mol. The van der Waals surface area contributed by atoms with Crippen LogP contribution in [0.3, 0.4) is 0 Å². The number of hydrogen-bond donors (Lipinski definition) is 0. The fraction of sp³-hybridized carbons (Fsp3) is 0.889. The fourth-order valence-electron chi connectivity index (χ4n) is 1.60. The van der Waals surface area contributed by atoms with E-state index >= 15 is 0 Å². The summed E-state index contributed by atoms with van der Waals surface area (Å²) >= 11 is 5.64. The highest BCUT2D eigenvalue weighted by atomic mass is 35.5. The van der Waals surface area contributed by atoms with Crippen LogP contribution in [0, 0.1) is 5.92 Å². The molecule has 0 aromatic heterocycles. The zero-order valence-corrected chi connectivity index (χ0v) is 10.5. The van der Waals surface area contributed by atoms with Crippen molar-refractivity contribution in [2.75, 3.05) is 24.4 Å². The monoisotopic (exact) mass is 253 g/mol. The Morgan fingerprint density at radius 1 is 1.60 bits per heavy atom. The van der Waals surface area contributed by atoms with Crippen molar-refractivity contribution in [3.05, 3.63) is 0 Å². The Bertz CT molecular complexity index is 341.